The number of carbonyl (C=O) groups is 2. The molecule has 1 aliphatic carbocycles. The fraction of sp³-hybridized carbons (Fsp3) is 0.323. The molecule has 0 saturated heterocycles. The Kier molecular flexibility index (Phi) is 8.27. The first-order valence-electron chi connectivity index (χ1n) is 13.4. The second kappa shape index (κ2) is 12.0. The fourth-order valence-electron chi connectivity index (χ4n) is 5.34. The molecule has 2 aromatic carbocycles. The van der Waals surface area contributed by atoms with Crippen LogP contribution in [0.1, 0.15) is 66.6 Å². The third-order valence-electron chi connectivity index (χ3n) is 7.49. The molecule has 39 heavy (non-hydrogen) atoms. The van der Waals surface area contributed by atoms with Crippen molar-refractivity contribution >= 4 is 29.1 Å². The number of pyridine rings is 1. The van der Waals surface area contributed by atoms with E-state index in [1.165, 1.54) is 17.7 Å². The molecule has 0 spiro atoms. The molecule has 4 aromatic rings. The number of rotatable bonds is 8. The number of amides is 1. The first kappa shape index (κ1) is 26.9. The molecular formula is C31H31ClFN3O3. The number of esters is 1. The monoisotopic (exact) mass is 547 g/mol. The molecule has 1 N–H and O–H groups in total. The zero-order chi connectivity index (χ0) is 27.4. The summed E-state index contributed by atoms with van der Waals surface area (Å²) >= 11 is 6.06. The maximum absolute atomic E-state index is 14.0. The zero-order valence-electron chi connectivity index (χ0n) is 21.8. The summed E-state index contributed by atoms with van der Waals surface area (Å²) in [6.45, 7) is 2.26. The van der Waals surface area contributed by atoms with Crippen LogP contribution >= 0.6 is 11.6 Å². The van der Waals surface area contributed by atoms with E-state index in [2.05, 4.69) is 34.6 Å². The maximum Gasteiger partial charge on any atom is 0.306 e. The quantitative estimate of drug-likeness (QED) is 0.242. The van der Waals surface area contributed by atoms with Crippen molar-refractivity contribution in [3.05, 3.63) is 94.7 Å². The maximum atomic E-state index is 14.0. The van der Waals surface area contributed by atoms with E-state index in [0.29, 0.717) is 30.5 Å². The Bertz CT molecular complexity index is 1460. The van der Waals surface area contributed by atoms with Crippen molar-refractivity contribution in [3.63, 3.8) is 0 Å². The van der Waals surface area contributed by atoms with Gasteiger partial charge in [0.05, 0.1) is 6.61 Å². The van der Waals surface area contributed by atoms with E-state index in [0.717, 1.165) is 36.8 Å². The molecular weight excluding hydrogens is 517 g/mol. The molecule has 1 amide bonds. The molecule has 202 valence electrons. The fourth-order valence-corrected chi connectivity index (χ4v) is 5.57. The van der Waals surface area contributed by atoms with Gasteiger partial charge in [0.25, 0.3) is 5.91 Å². The first-order chi connectivity index (χ1) is 18.9. The smallest absolute Gasteiger partial charge is 0.306 e. The van der Waals surface area contributed by atoms with Crippen LogP contribution in [-0.4, -0.2) is 27.9 Å². The highest BCUT2D eigenvalue weighted by molar-refractivity contribution is 6.31. The lowest BCUT2D eigenvalue weighted by molar-refractivity contribution is -0.144. The molecule has 0 atom stereocenters. The van der Waals surface area contributed by atoms with Crippen LogP contribution in [0.2, 0.25) is 5.02 Å². The number of benzene rings is 2. The minimum atomic E-state index is -0.463. The molecule has 1 fully saturated rings. The number of nitrogens with one attached hydrogen (secondary N) is 1. The summed E-state index contributed by atoms with van der Waals surface area (Å²) < 4.78 is 20.9. The van der Waals surface area contributed by atoms with Gasteiger partial charge in [-0.3, -0.25) is 9.59 Å². The number of imidazole rings is 1. The van der Waals surface area contributed by atoms with E-state index in [1.54, 1.807) is 12.3 Å². The van der Waals surface area contributed by atoms with E-state index in [4.69, 9.17) is 16.3 Å². The number of hydrogen-bond donors (Lipinski definition) is 1. The number of nitrogens with zero attached hydrogens (tertiary/aromatic N) is 2. The van der Waals surface area contributed by atoms with Gasteiger partial charge < -0.3 is 14.5 Å². The summed E-state index contributed by atoms with van der Waals surface area (Å²) in [5, 5.41) is 2.96. The molecule has 2 aromatic heterocycles. The average molecular weight is 548 g/mol. The average Bonchev–Trinajstić information content (AvgIpc) is 3.37. The van der Waals surface area contributed by atoms with Gasteiger partial charge in [0.1, 0.15) is 17.2 Å². The first-order valence-corrected chi connectivity index (χ1v) is 13.7. The molecule has 2 heterocycles. The van der Waals surface area contributed by atoms with Gasteiger partial charge in [0, 0.05) is 35.9 Å². The molecule has 8 heteroatoms. The second-order valence-corrected chi connectivity index (χ2v) is 10.4. The van der Waals surface area contributed by atoms with Crippen LogP contribution in [-0.2, 0) is 16.1 Å². The van der Waals surface area contributed by atoms with Crippen molar-refractivity contribution in [1.29, 1.82) is 0 Å². The lowest BCUT2D eigenvalue weighted by Gasteiger charge is -2.28. The van der Waals surface area contributed by atoms with E-state index in [1.807, 2.05) is 29.7 Å². The van der Waals surface area contributed by atoms with Crippen LogP contribution in [0, 0.1) is 11.7 Å². The van der Waals surface area contributed by atoms with Crippen molar-refractivity contribution in [2.45, 2.75) is 51.5 Å². The van der Waals surface area contributed by atoms with Gasteiger partial charge in [-0.05, 0) is 85.4 Å². The minimum Gasteiger partial charge on any atom is -0.466 e. The standard InChI is InChI=1S/C31H31ClFN3O3/c1-2-39-30(37)16-20-6-8-21(9-7-20)22-10-12-23(13-11-22)24-14-15-29-35-28(19-36(29)18-24)31(38)34-17-25-26(32)4-3-5-27(25)33/h3-5,10-15,18-21H,2,6-9,16-17H2,1H3,(H,34,38)/t20-,21-. The summed E-state index contributed by atoms with van der Waals surface area (Å²) in [5.74, 6) is -0.0175. The Morgan fingerprint density at radius 1 is 1.03 bits per heavy atom. The van der Waals surface area contributed by atoms with Crippen molar-refractivity contribution < 1.29 is 18.7 Å². The Morgan fingerprint density at radius 2 is 1.77 bits per heavy atom. The summed E-state index contributed by atoms with van der Waals surface area (Å²) in [5.41, 5.74) is 4.54. The van der Waals surface area contributed by atoms with Crippen LogP contribution in [0.4, 0.5) is 4.39 Å². The van der Waals surface area contributed by atoms with Gasteiger partial charge in [0.2, 0.25) is 0 Å². The molecule has 5 rings (SSSR count). The predicted molar refractivity (Wildman–Crippen MR) is 149 cm³/mol. The Hall–Kier alpha value is -3.71. The molecule has 0 aliphatic heterocycles. The Labute approximate surface area is 232 Å². The third kappa shape index (κ3) is 6.31. The van der Waals surface area contributed by atoms with E-state index < -0.39 is 11.7 Å². The van der Waals surface area contributed by atoms with Crippen LogP contribution in [0.25, 0.3) is 16.8 Å². The van der Waals surface area contributed by atoms with E-state index in [-0.39, 0.29) is 28.8 Å². The van der Waals surface area contributed by atoms with Crippen LogP contribution in [0.3, 0.4) is 0 Å². The number of fused-ring (bicyclic) bond motifs is 1. The van der Waals surface area contributed by atoms with Crippen molar-refractivity contribution in [3.8, 4) is 11.1 Å². The van der Waals surface area contributed by atoms with Gasteiger partial charge in [0.15, 0.2) is 0 Å². The predicted octanol–water partition coefficient (Wildman–Crippen LogP) is 6.95. The van der Waals surface area contributed by atoms with Crippen LogP contribution in [0.5, 0.6) is 0 Å². The molecule has 6 nitrogen and oxygen atoms in total. The summed E-state index contributed by atoms with van der Waals surface area (Å²) in [6.07, 6.45) is 8.40. The molecule has 1 saturated carbocycles. The summed E-state index contributed by atoms with van der Waals surface area (Å²) in [7, 11) is 0. The largest absolute Gasteiger partial charge is 0.466 e. The molecule has 0 unspecified atom stereocenters. The zero-order valence-corrected chi connectivity index (χ0v) is 22.6. The van der Waals surface area contributed by atoms with Gasteiger partial charge in [-0.15, -0.1) is 0 Å². The number of ether oxygens (including phenoxy) is 1. The molecule has 0 bridgehead atoms. The number of carbonyl (C=O) groups excluding carboxylic acids is 2. The van der Waals surface area contributed by atoms with Crippen molar-refractivity contribution in [1.82, 2.24) is 14.7 Å². The molecule has 0 radical (unpaired) electrons. The summed E-state index contributed by atoms with van der Waals surface area (Å²) in [4.78, 5) is 28.9. The highest BCUT2D eigenvalue weighted by Gasteiger charge is 2.24. The minimum absolute atomic E-state index is 0.0249. The van der Waals surface area contributed by atoms with E-state index in [9.17, 15) is 14.0 Å². The van der Waals surface area contributed by atoms with Crippen molar-refractivity contribution in [2.75, 3.05) is 6.61 Å². The summed E-state index contributed by atoms with van der Waals surface area (Å²) in [6, 6.07) is 16.9. The SMILES string of the molecule is CCOC(=O)C[C@H]1CC[C@H](c2ccc(-c3ccc4nc(C(=O)NCc5c(F)cccc5Cl)cn4c3)cc2)CC1. The number of aromatic nitrogens is 2. The van der Waals surface area contributed by atoms with Gasteiger partial charge in [-0.25, -0.2) is 9.37 Å². The van der Waals surface area contributed by atoms with Gasteiger partial charge >= 0.3 is 5.97 Å². The number of halogens is 2. The third-order valence-corrected chi connectivity index (χ3v) is 7.85. The van der Waals surface area contributed by atoms with E-state index >= 15 is 0 Å². The van der Waals surface area contributed by atoms with Gasteiger partial charge in [-0.1, -0.05) is 41.9 Å². The normalized spacial score (nSPS) is 17.2. The van der Waals surface area contributed by atoms with Crippen LogP contribution < -0.4 is 5.32 Å². The Morgan fingerprint density at radius 3 is 2.49 bits per heavy atom. The lowest BCUT2D eigenvalue weighted by atomic mass is 9.77. The molecule has 1 aliphatic rings. The topological polar surface area (TPSA) is 72.7 Å². The number of hydrogen-bond acceptors (Lipinski definition) is 4. The second-order valence-electron chi connectivity index (χ2n) is 10.0. The van der Waals surface area contributed by atoms with Crippen molar-refractivity contribution in [2.24, 2.45) is 5.92 Å². The highest BCUT2D eigenvalue weighted by Crippen LogP contribution is 2.37. The lowest BCUT2D eigenvalue weighted by Crippen LogP contribution is -2.23. The van der Waals surface area contributed by atoms with Crippen LogP contribution in [0.15, 0.2) is 67.0 Å². The van der Waals surface area contributed by atoms with Gasteiger partial charge in [-0.2, -0.15) is 0 Å². The Balaban J connectivity index is 1.22. The highest BCUT2D eigenvalue weighted by atomic mass is 35.5.